The number of carbonyl (C=O) groups is 1. The van der Waals surface area contributed by atoms with Crippen LogP contribution in [0.2, 0.25) is 5.02 Å². The van der Waals surface area contributed by atoms with Gasteiger partial charge in [0.05, 0.1) is 0 Å². The van der Waals surface area contributed by atoms with Gasteiger partial charge in [0.1, 0.15) is 12.1 Å². The maximum absolute atomic E-state index is 12.3. The van der Waals surface area contributed by atoms with Crippen molar-refractivity contribution in [2.45, 2.75) is 0 Å². The quantitative estimate of drug-likeness (QED) is 0.284. The molecule has 33 heavy (non-hydrogen) atoms. The van der Waals surface area contributed by atoms with Crippen molar-refractivity contribution in [1.29, 1.82) is 0 Å². The molecule has 5 aromatic rings. The number of urea groups is 1. The number of nitrogen functional groups attached to an aromatic ring is 1. The molecule has 2 amide bonds. The van der Waals surface area contributed by atoms with E-state index in [9.17, 15) is 4.79 Å². The fourth-order valence-corrected chi connectivity index (χ4v) is 4.83. The third kappa shape index (κ3) is 4.34. The number of anilines is 3. The van der Waals surface area contributed by atoms with Gasteiger partial charge in [0, 0.05) is 61.8 Å². The minimum atomic E-state index is -0.353. The Balaban J connectivity index is 1.40. The van der Waals surface area contributed by atoms with Crippen LogP contribution in [0.5, 0.6) is 0 Å². The van der Waals surface area contributed by atoms with Gasteiger partial charge >= 0.3 is 6.03 Å². The molecule has 0 spiro atoms. The van der Waals surface area contributed by atoms with Gasteiger partial charge in [0.15, 0.2) is 0 Å². The highest BCUT2D eigenvalue weighted by atomic mass is 35.5. The molecular weight excluding hydrogens is 456 g/mol. The lowest BCUT2D eigenvalue weighted by molar-refractivity contribution is 0.262. The summed E-state index contributed by atoms with van der Waals surface area (Å²) in [4.78, 5) is 24.9. The minimum absolute atomic E-state index is 0.353. The first-order chi connectivity index (χ1) is 16.1. The third-order valence-electron chi connectivity index (χ3n) is 5.03. The first-order valence-corrected chi connectivity index (χ1v) is 11.2. The number of hydrogen-bond donors (Lipinski definition) is 3. The number of nitrogens with two attached hydrogens (primary N) is 1. The second-order valence-corrected chi connectivity index (χ2v) is 8.52. The van der Waals surface area contributed by atoms with Crippen molar-refractivity contribution in [2.24, 2.45) is 0 Å². The summed E-state index contributed by atoms with van der Waals surface area (Å²) in [5.74, 6) is 0.463. The Morgan fingerprint density at radius 1 is 0.909 bits per heavy atom. The summed E-state index contributed by atoms with van der Waals surface area (Å²) in [6.07, 6.45) is 6.76. The normalized spacial score (nSPS) is 10.8. The van der Waals surface area contributed by atoms with Gasteiger partial charge in [0.2, 0.25) is 0 Å². The predicted molar refractivity (Wildman–Crippen MR) is 135 cm³/mol. The van der Waals surface area contributed by atoms with Crippen LogP contribution < -0.4 is 16.4 Å². The van der Waals surface area contributed by atoms with Gasteiger partial charge in [-0.2, -0.15) is 0 Å². The monoisotopic (exact) mass is 472 g/mol. The average molecular weight is 473 g/mol. The van der Waals surface area contributed by atoms with E-state index in [2.05, 4.69) is 31.0 Å². The molecule has 0 aliphatic rings. The molecule has 9 heteroatoms. The van der Waals surface area contributed by atoms with Crippen molar-refractivity contribution in [3.63, 3.8) is 0 Å². The van der Waals surface area contributed by atoms with E-state index in [0.29, 0.717) is 22.2 Å². The Morgan fingerprint density at radius 2 is 1.67 bits per heavy atom. The van der Waals surface area contributed by atoms with E-state index in [1.807, 2.05) is 24.3 Å². The summed E-state index contributed by atoms with van der Waals surface area (Å²) in [5, 5.41) is 9.08. The van der Waals surface area contributed by atoms with E-state index in [4.69, 9.17) is 17.3 Å². The molecule has 0 bridgehead atoms. The first kappa shape index (κ1) is 20.9. The molecule has 0 unspecified atom stereocenters. The molecule has 3 aromatic heterocycles. The summed E-state index contributed by atoms with van der Waals surface area (Å²) >= 11 is 7.56. The standard InChI is InChI=1S/C24H17ClN6OS/c25-16-2-1-3-18(8-16)31-24(32)30-17-6-4-14(5-7-17)20-12-33-22-19(11-29-23(26)21(20)22)15-9-27-13-28-10-15/h1-13H,(H2,26,29)(H2,30,31,32). The van der Waals surface area contributed by atoms with Crippen LogP contribution in [0.1, 0.15) is 0 Å². The van der Waals surface area contributed by atoms with Crippen LogP contribution >= 0.6 is 22.9 Å². The molecule has 162 valence electrons. The number of hydrogen-bond acceptors (Lipinski definition) is 6. The van der Waals surface area contributed by atoms with E-state index in [0.717, 1.165) is 32.3 Å². The largest absolute Gasteiger partial charge is 0.383 e. The maximum Gasteiger partial charge on any atom is 0.323 e. The van der Waals surface area contributed by atoms with Crippen molar-refractivity contribution in [3.05, 3.63) is 83.9 Å². The molecule has 4 N–H and O–H groups in total. The number of nitrogens with one attached hydrogen (secondary N) is 2. The molecule has 3 heterocycles. The van der Waals surface area contributed by atoms with Crippen LogP contribution in [0.3, 0.4) is 0 Å². The summed E-state index contributed by atoms with van der Waals surface area (Å²) in [6, 6.07) is 14.2. The molecule has 0 saturated carbocycles. The molecule has 0 fully saturated rings. The number of rotatable bonds is 4. The Hall–Kier alpha value is -4.01. The van der Waals surface area contributed by atoms with E-state index in [1.165, 1.54) is 6.33 Å². The molecule has 2 aromatic carbocycles. The SMILES string of the molecule is Nc1ncc(-c2cncnc2)c2scc(-c3ccc(NC(=O)Nc4cccc(Cl)c4)cc3)c12. The molecule has 0 aliphatic carbocycles. The number of carbonyl (C=O) groups excluding carboxylic acids is 1. The number of amides is 2. The number of aromatic nitrogens is 3. The molecule has 0 radical (unpaired) electrons. The zero-order chi connectivity index (χ0) is 22.8. The van der Waals surface area contributed by atoms with Gasteiger partial charge in [-0.05, 0) is 41.3 Å². The van der Waals surface area contributed by atoms with Crippen LogP contribution in [0.25, 0.3) is 32.3 Å². The lowest BCUT2D eigenvalue weighted by Gasteiger charge is -2.09. The molecule has 5 rings (SSSR count). The molecular formula is C24H17ClN6OS. The number of nitrogens with zero attached hydrogens (tertiary/aromatic N) is 3. The van der Waals surface area contributed by atoms with Crippen LogP contribution in [0.15, 0.2) is 78.8 Å². The second-order valence-electron chi connectivity index (χ2n) is 7.20. The van der Waals surface area contributed by atoms with Crippen molar-refractivity contribution in [3.8, 4) is 22.3 Å². The lowest BCUT2D eigenvalue weighted by atomic mass is 10.0. The number of halogens is 1. The topological polar surface area (TPSA) is 106 Å². The fraction of sp³-hybridized carbons (Fsp3) is 0. The average Bonchev–Trinajstić information content (AvgIpc) is 3.26. The number of benzene rings is 2. The summed E-state index contributed by atoms with van der Waals surface area (Å²) in [5.41, 5.74) is 11.3. The van der Waals surface area contributed by atoms with Crippen molar-refractivity contribution in [1.82, 2.24) is 15.0 Å². The molecule has 0 aliphatic heterocycles. The van der Waals surface area contributed by atoms with Crippen LogP contribution in [-0.4, -0.2) is 21.0 Å². The molecule has 0 atom stereocenters. The highest BCUT2D eigenvalue weighted by Gasteiger charge is 2.15. The highest BCUT2D eigenvalue weighted by molar-refractivity contribution is 7.18. The summed E-state index contributed by atoms with van der Waals surface area (Å²) < 4.78 is 1.02. The number of fused-ring (bicyclic) bond motifs is 1. The predicted octanol–water partition coefficient (Wildman–Crippen LogP) is 6.30. The molecule has 0 saturated heterocycles. The zero-order valence-corrected chi connectivity index (χ0v) is 18.7. The minimum Gasteiger partial charge on any atom is -0.383 e. The van der Waals surface area contributed by atoms with E-state index in [1.54, 1.807) is 54.2 Å². The second kappa shape index (κ2) is 8.85. The zero-order valence-electron chi connectivity index (χ0n) is 17.1. The van der Waals surface area contributed by atoms with Crippen LogP contribution in [-0.2, 0) is 0 Å². The highest BCUT2D eigenvalue weighted by Crippen LogP contribution is 2.41. The van der Waals surface area contributed by atoms with Crippen molar-refractivity contribution < 1.29 is 4.79 Å². The van der Waals surface area contributed by atoms with Crippen molar-refractivity contribution >= 4 is 56.2 Å². The lowest BCUT2D eigenvalue weighted by Crippen LogP contribution is -2.19. The van der Waals surface area contributed by atoms with Gasteiger partial charge in [-0.25, -0.2) is 19.7 Å². The summed E-state index contributed by atoms with van der Waals surface area (Å²) in [7, 11) is 0. The van der Waals surface area contributed by atoms with E-state index < -0.39 is 0 Å². The Morgan fingerprint density at radius 3 is 2.42 bits per heavy atom. The van der Waals surface area contributed by atoms with Gasteiger partial charge in [-0.1, -0.05) is 29.8 Å². The van der Waals surface area contributed by atoms with Gasteiger partial charge in [0.25, 0.3) is 0 Å². The van der Waals surface area contributed by atoms with Gasteiger partial charge in [-0.3, -0.25) is 0 Å². The van der Waals surface area contributed by atoms with Gasteiger partial charge < -0.3 is 16.4 Å². The third-order valence-corrected chi connectivity index (χ3v) is 6.28. The van der Waals surface area contributed by atoms with Gasteiger partial charge in [-0.15, -0.1) is 11.3 Å². The number of thiophene rings is 1. The first-order valence-electron chi connectivity index (χ1n) is 9.93. The summed E-state index contributed by atoms with van der Waals surface area (Å²) in [6.45, 7) is 0. The van der Waals surface area contributed by atoms with E-state index in [-0.39, 0.29) is 6.03 Å². The Labute approximate surface area is 198 Å². The Kier molecular flexibility index (Phi) is 5.60. The fourth-order valence-electron chi connectivity index (χ4n) is 3.52. The maximum atomic E-state index is 12.3. The number of pyridine rings is 1. The Bertz CT molecular complexity index is 1450. The van der Waals surface area contributed by atoms with Crippen LogP contribution in [0.4, 0.5) is 22.0 Å². The van der Waals surface area contributed by atoms with E-state index >= 15 is 0 Å². The van der Waals surface area contributed by atoms with Crippen LogP contribution in [0, 0.1) is 0 Å². The molecule has 7 nitrogen and oxygen atoms in total. The smallest absolute Gasteiger partial charge is 0.323 e. The van der Waals surface area contributed by atoms with Crippen molar-refractivity contribution in [2.75, 3.05) is 16.4 Å².